The third-order valence-electron chi connectivity index (χ3n) is 4.44. The molecule has 25 heavy (non-hydrogen) atoms. The molecule has 1 aliphatic rings. The van der Waals surface area contributed by atoms with Crippen molar-refractivity contribution in [3.05, 3.63) is 65.5 Å². The molecule has 0 spiro atoms. The number of rotatable bonds is 6. The van der Waals surface area contributed by atoms with Crippen molar-refractivity contribution in [1.29, 1.82) is 0 Å². The second kappa shape index (κ2) is 7.64. The summed E-state index contributed by atoms with van der Waals surface area (Å²) in [5.74, 6) is 0.0447. The molecule has 0 saturated carbocycles. The van der Waals surface area contributed by atoms with Gasteiger partial charge < -0.3 is 4.90 Å². The summed E-state index contributed by atoms with van der Waals surface area (Å²) in [7, 11) is 0.679. The lowest BCUT2D eigenvalue weighted by Gasteiger charge is -2.24. The zero-order valence-electron chi connectivity index (χ0n) is 14.8. The predicted molar refractivity (Wildman–Crippen MR) is 99.4 cm³/mol. The van der Waals surface area contributed by atoms with Crippen LogP contribution in [-0.4, -0.2) is 43.2 Å². The molecule has 1 unspecified atom stereocenters. The highest BCUT2D eigenvalue weighted by Gasteiger charge is 2.35. The molecule has 6 heteroatoms. The van der Waals surface area contributed by atoms with Gasteiger partial charge in [-0.05, 0) is 44.1 Å². The predicted octanol–water partition coefficient (Wildman–Crippen LogP) is 2.81. The van der Waals surface area contributed by atoms with Crippen molar-refractivity contribution >= 4 is 10.0 Å². The maximum Gasteiger partial charge on any atom is 0.218 e. The minimum Gasteiger partial charge on any atom is -0.305 e. The van der Waals surface area contributed by atoms with Crippen LogP contribution in [0.2, 0.25) is 0 Å². The summed E-state index contributed by atoms with van der Waals surface area (Å²) in [5.41, 5.74) is 2.80. The molecule has 0 radical (unpaired) electrons. The Kier molecular flexibility index (Phi) is 5.51. The summed E-state index contributed by atoms with van der Waals surface area (Å²) in [5, 5.41) is 0. The Hall–Kier alpha value is -1.76. The van der Waals surface area contributed by atoms with Gasteiger partial charge >= 0.3 is 0 Å². The van der Waals surface area contributed by atoms with E-state index in [1.807, 2.05) is 62.8 Å². The van der Waals surface area contributed by atoms with Crippen LogP contribution in [0.3, 0.4) is 0 Å². The van der Waals surface area contributed by atoms with Crippen molar-refractivity contribution in [1.82, 2.24) is 14.2 Å². The number of pyridine rings is 1. The van der Waals surface area contributed by atoms with E-state index in [-0.39, 0.29) is 11.8 Å². The Labute approximate surface area is 150 Å². The van der Waals surface area contributed by atoms with Crippen LogP contribution in [0.5, 0.6) is 0 Å². The molecule has 1 aromatic carbocycles. The smallest absolute Gasteiger partial charge is 0.218 e. The molecule has 0 bridgehead atoms. The molecule has 1 aliphatic heterocycles. The van der Waals surface area contributed by atoms with Crippen LogP contribution < -0.4 is 0 Å². The molecular weight excluding hydrogens is 334 g/mol. The first kappa shape index (κ1) is 18.0. The van der Waals surface area contributed by atoms with E-state index in [4.69, 9.17) is 0 Å². The number of sulfonamides is 1. The lowest BCUT2D eigenvalue weighted by atomic mass is 10.1. The lowest BCUT2D eigenvalue weighted by Crippen LogP contribution is -2.32. The first-order valence-electron chi connectivity index (χ1n) is 8.59. The van der Waals surface area contributed by atoms with Gasteiger partial charge in [-0.25, -0.2) is 8.42 Å². The Morgan fingerprint density at radius 3 is 2.52 bits per heavy atom. The van der Waals surface area contributed by atoms with Crippen LogP contribution in [0.15, 0.2) is 48.7 Å². The topological polar surface area (TPSA) is 53.5 Å². The van der Waals surface area contributed by atoms with Crippen molar-refractivity contribution < 1.29 is 8.42 Å². The Balaban J connectivity index is 1.77. The van der Waals surface area contributed by atoms with Crippen LogP contribution in [0.4, 0.5) is 0 Å². The van der Waals surface area contributed by atoms with Gasteiger partial charge in [0.1, 0.15) is 0 Å². The lowest BCUT2D eigenvalue weighted by molar-refractivity contribution is 0.387. The quantitative estimate of drug-likeness (QED) is 0.796. The van der Waals surface area contributed by atoms with Gasteiger partial charge in [0, 0.05) is 19.3 Å². The van der Waals surface area contributed by atoms with Crippen molar-refractivity contribution in [2.24, 2.45) is 0 Å². The van der Waals surface area contributed by atoms with E-state index >= 15 is 0 Å². The summed E-state index contributed by atoms with van der Waals surface area (Å²) in [6.07, 6.45) is 3.56. The monoisotopic (exact) mass is 359 g/mol. The Bertz CT molecular complexity index is 789. The van der Waals surface area contributed by atoms with Gasteiger partial charge in [-0.1, -0.05) is 36.4 Å². The first-order chi connectivity index (χ1) is 12.0. The van der Waals surface area contributed by atoms with Gasteiger partial charge in [0.2, 0.25) is 10.0 Å². The molecule has 0 amide bonds. The van der Waals surface area contributed by atoms with E-state index in [0.717, 1.165) is 36.2 Å². The van der Waals surface area contributed by atoms with Crippen LogP contribution in [0.25, 0.3) is 0 Å². The number of benzene rings is 1. The molecule has 1 saturated heterocycles. The number of hydrogen-bond acceptors (Lipinski definition) is 4. The minimum absolute atomic E-state index is 0.0447. The minimum atomic E-state index is -3.35. The molecule has 3 rings (SSSR count). The third kappa shape index (κ3) is 4.45. The Morgan fingerprint density at radius 2 is 1.88 bits per heavy atom. The molecule has 0 N–H and O–H groups in total. The highest BCUT2D eigenvalue weighted by atomic mass is 32.2. The van der Waals surface area contributed by atoms with E-state index in [1.165, 1.54) is 0 Å². The van der Waals surface area contributed by atoms with Crippen LogP contribution in [0, 0.1) is 0 Å². The van der Waals surface area contributed by atoms with Gasteiger partial charge in [-0.3, -0.25) is 4.98 Å². The molecule has 1 atom stereocenters. The highest BCUT2D eigenvalue weighted by Crippen LogP contribution is 2.34. The summed E-state index contributed by atoms with van der Waals surface area (Å²) in [6, 6.07) is 13.2. The summed E-state index contributed by atoms with van der Waals surface area (Å²) >= 11 is 0. The fraction of sp³-hybridized carbons (Fsp3) is 0.421. The van der Waals surface area contributed by atoms with E-state index in [9.17, 15) is 8.42 Å². The number of aromatic nitrogens is 1. The average molecular weight is 359 g/mol. The summed E-state index contributed by atoms with van der Waals surface area (Å²) < 4.78 is 27.4. The van der Waals surface area contributed by atoms with Gasteiger partial charge in [0.15, 0.2) is 0 Å². The molecular formula is C19H25N3O2S. The standard InChI is InChI=1S/C19H25N3O2S/c1-21(2)14-17-10-11-18(20-13-17)19-9-6-12-22(19)25(23,24)15-16-7-4-3-5-8-16/h3-5,7-8,10-11,13,19H,6,9,12,14-15H2,1-2H3. The molecule has 1 aromatic heterocycles. The van der Waals surface area contributed by atoms with Crippen LogP contribution >= 0.6 is 0 Å². The Morgan fingerprint density at radius 1 is 1.12 bits per heavy atom. The van der Waals surface area contributed by atoms with Gasteiger partial charge in [-0.2, -0.15) is 4.31 Å². The van der Waals surface area contributed by atoms with E-state index in [0.29, 0.717) is 6.54 Å². The van der Waals surface area contributed by atoms with Crippen molar-refractivity contribution in [3.8, 4) is 0 Å². The SMILES string of the molecule is CN(C)Cc1ccc(C2CCCN2S(=O)(=O)Cc2ccccc2)nc1. The van der Waals surface area contributed by atoms with Crippen molar-refractivity contribution in [2.75, 3.05) is 20.6 Å². The highest BCUT2D eigenvalue weighted by molar-refractivity contribution is 7.88. The molecule has 2 heterocycles. The van der Waals surface area contributed by atoms with Crippen molar-refractivity contribution in [2.45, 2.75) is 31.2 Å². The van der Waals surface area contributed by atoms with Gasteiger partial charge in [0.05, 0.1) is 17.5 Å². The zero-order chi connectivity index (χ0) is 17.9. The largest absolute Gasteiger partial charge is 0.305 e. The molecule has 5 nitrogen and oxygen atoms in total. The second-order valence-corrected chi connectivity index (χ2v) is 8.76. The zero-order valence-corrected chi connectivity index (χ0v) is 15.6. The third-order valence-corrected chi connectivity index (χ3v) is 6.29. The van der Waals surface area contributed by atoms with Crippen molar-refractivity contribution in [3.63, 3.8) is 0 Å². The summed E-state index contributed by atoms with van der Waals surface area (Å²) in [4.78, 5) is 6.64. The first-order valence-corrected chi connectivity index (χ1v) is 10.2. The molecule has 2 aromatic rings. The molecule has 134 valence electrons. The maximum atomic E-state index is 12.9. The van der Waals surface area contributed by atoms with E-state index < -0.39 is 10.0 Å². The molecule has 1 fully saturated rings. The normalized spacial score (nSPS) is 18.8. The fourth-order valence-electron chi connectivity index (χ4n) is 3.33. The number of nitrogens with zero attached hydrogens (tertiary/aromatic N) is 3. The number of hydrogen-bond donors (Lipinski definition) is 0. The second-order valence-electron chi connectivity index (χ2n) is 6.84. The van der Waals surface area contributed by atoms with Crippen LogP contribution in [-0.2, 0) is 22.3 Å². The summed E-state index contributed by atoms with van der Waals surface area (Å²) in [6.45, 7) is 1.40. The van der Waals surface area contributed by atoms with Crippen LogP contribution in [0.1, 0.15) is 35.7 Å². The van der Waals surface area contributed by atoms with Gasteiger partial charge in [-0.15, -0.1) is 0 Å². The van der Waals surface area contributed by atoms with E-state index in [1.54, 1.807) is 4.31 Å². The average Bonchev–Trinajstić information content (AvgIpc) is 3.06. The fourth-order valence-corrected chi connectivity index (χ4v) is 5.12. The van der Waals surface area contributed by atoms with E-state index in [2.05, 4.69) is 9.88 Å². The maximum absolute atomic E-state index is 12.9. The van der Waals surface area contributed by atoms with Gasteiger partial charge in [0.25, 0.3) is 0 Å². The molecule has 0 aliphatic carbocycles.